The Hall–Kier alpha value is -3.16. The molecule has 26 heavy (non-hydrogen) atoms. The zero-order valence-corrected chi connectivity index (χ0v) is 14.6. The van der Waals surface area contributed by atoms with E-state index in [9.17, 15) is 4.79 Å². The van der Waals surface area contributed by atoms with E-state index in [0.717, 1.165) is 29.8 Å². The van der Waals surface area contributed by atoms with E-state index in [4.69, 9.17) is 9.51 Å². The van der Waals surface area contributed by atoms with E-state index in [2.05, 4.69) is 20.1 Å². The molecule has 4 rings (SSSR count). The molecule has 3 aromatic heterocycles. The molecule has 1 atom stereocenters. The number of aryl methyl sites for hydroxylation is 2. The van der Waals surface area contributed by atoms with Crippen LogP contribution in [0.1, 0.15) is 46.5 Å². The summed E-state index contributed by atoms with van der Waals surface area (Å²) in [5.74, 6) is 0.568. The summed E-state index contributed by atoms with van der Waals surface area (Å²) in [5.41, 5.74) is 3.43. The van der Waals surface area contributed by atoms with Crippen LogP contribution in [0.25, 0.3) is 11.3 Å². The Morgan fingerprint density at radius 3 is 2.81 bits per heavy atom. The van der Waals surface area contributed by atoms with Gasteiger partial charge in [0, 0.05) is 18.9 Å². The molecular weight excluding hydrogens is 332 g/mol. The van der Waals surface area contributed by atoms with Crippen LogP contribution >= 0.6 is 0 Å². The van der Waals surface area contributed by atoms with Crippen LogP contribution in [-0.2, 0) is 0 Å². The van der Waals surface area contributed by atoms with E-state index in [0.29, 0.717) is 23.7 Å². The fourth-order valence-corrected chi connectivity index (χ4v) is 3.38. The molecule has 0 unspecified atom stereocenters. The molecule has 132 valence electrons. The Morgan fingerprint density at radius 2 is 2.08 bits per heavy atom. The standard InChI is InChI=1S/C18H18N6O2/c1-11-17(12(2)26-23-11)14-9-20-8-13(22-14)16-4-3-7-24(16)18(25)15-10-19-5-6-21-15/h5-6,8-10,16H,3-4,7H2,1-2H3/t16-/m1/s1. The number of likely N-dealkylation sites (tertiary alicyclic amines) is 1. The summed E-state index contributed by atoms with van der Waals surface area (Å²) in [4.78, 5) is 31.8. The highest BCUT2D eigenvalue weighted by atomic mass is 16.5. The second-order valence-corrected chi connectivity index (χ2v) is 6.28. The molecule has 1 amide bonds. The van der Waals surface area contributed by atoms with Gasteiger partial charge in [-0.15, -0.1) is 0 Å². The lowest BCUT2D eigenvalue weighted by Crippen LogP contribution is -2.31. The van der Waals surface area contributed by atoms with Crippen LogP contribution in [0.15, 0.2) is 35.5 Å². The first-order valence-corrected chi connectivity index (χ1v) is 8.47. The summed E-state index contributed by atoms with van der Waals surface area (Å²) in [6.45, 7) is 4.39. The molecule has 0 radical (unpaired) electrons. The van der Waals surface area contributed by atoms with Crippen molar-refractivity contribution in [2.45, 2.75) is 32.7 Å². The molecule has 1 fully saturated rings. The second-order valence-electron chi connectivity index (χ2n) is 6.28. The third-order valence-corrected chi connectivity index (χ3v) is 4.58. The first-order chi connectivity index (χ1) is 12.6. The van der Waals surface area contributed by atoms with Crippen LogP contribution in [-0.4, -0.2) is 42.4 Å². The number of aromatic nitrogens is 5. The maximum Gasteiger partial charge on any atom is 0.274 e. The van der Waals surface area contributed by atoms with Crippen LogP contribution < -0.4 is 0 Å². The Kier molecular flexibility index (Phi) is 4.16. The second kappa shape index (κ2) is 6.62. The number of amides is 1. The lowest BCUT2D eigenvalue weighted by atomic mass is 10.1. The Morgan fingerprint density at radius 1 is 1.19 bits per heavy atom. The van der Waals surface area contributed by atoms with E-state index in [1.807, 2.05) is 13.8 Å². The summed E-state index contributed by atoms with van der Waals surface area (Å²) in [7, 11) is 0. The Bertz CT molecular complexity index is 920. The molecule has 0 bridgehead atoms. The predicted molar refractivity (Wildman–Crippen MR) is 92.0 cm³/mol. The van der Waals surface area contributed by atoms with Gasteiger partial charge in [0.1, 0.15) is 11.5 Å². The van der Waals surface area contributed by atoms with E-state index in [1.165, 1.54) is 12.4 Å². The van der Waals surface area contributed by atoms with Gasteiger partial charge in [0.2, 0.25) is 0 Å². The van der Waals surface area contributed by atoms with Crippen molar-refractivity contribution in [1.82, 2.24) is 30.0 Å². The average Bonchev–Trinajstić information content (AvgIpc) is 3.29. The molecule has 0 aromatic carbocycles. The first kappa shape index (κ1) is 16.3. The van der Waals surface area contributed by atoms with Gasteiger partial charge in [0.25, 0.3) is 5.91 Å². The Balaban J connectivity index is 1.67. The highest BCUT2D eigenvalue weighted by Gasteiger charge is 2.32. The fourth-order valence-electron chi connectivity index (χ4n) is 3.38. The van der Waals surface area contributed by atoms with E-state index in [-0.39, 0.29) is 11.9 Å². The molecule has 1 aliphatic rings. The summed E-state index contributed by atoms with van der Waals surface area (Å²) in [6.07, 6.45) is 9.73. The van der Waals surface area contributed by atoms with E-state index in [1.54, 1.807) is 23.5 Å². The zero-order valence-electron chi connectivity index (χ0n) is 14.6. The SMILES string of the molecule is Cc1noc(C)c1-c1cncc([C@H]2CCCN2C(=O)c2cnccn2)n1. The third kappa shape index (κ3) is 2.83. The molecule has 0 aliphatic carbocycles. The maximum absolute atomic E-state index is 12.8. The summed E-state index contributed by atoms with van der Waals surface area (Å²) in [5, 5.41) is 3.98. The number of carbonyl (C=O) groups excluding carboxylic acids is 1. The van der Waals surface area contributed by atoms with Gasteiger partial charge in [-0.25, -0.2) is 9.97 Å². The summed E-state index contributed by atoms with van der Waals surface area (Å²) < 4.78 is 5.23. The Labute approximate surface area is 150 Å². The van der Waals surface area contributed by atoms with Gasteiger partial charge in [0.05, 0.1) is 47.3 Å². The normalized spacial score (nSPS) is 16.8. The maximum atomic E-state index is 12.8. The molecule has 0 saturated carbocycles. The molecule has 0 spiro atoms. The average molecular weight is 350 g/mol. The van der Waals surface area contributed by atoms with Gasteiger partial charge in [0.15, 0.2) is 0 Å². The van der Waals surface area contributed by atoms with Crippen LogP contribution in [0.2, 0.25) is 0 Å². The van der Waals surface area contributed by atoms with Crippen molar-refractivity contribution in [3.05, 3.63) is 53.8 Å². The molecule has 4 heterocycles. The van der Waals surface area contributed by atoms with Crippen molar-refractivity contribution < 1.29 is 9.32 Å². The van der Waals surface area contributed by atoms with Crippen molar-refractivity contribution in [3.8, 4) is 11.3 Å². The molecule has 8 nitrogen and oxygen atoms in total. The van der Waals surface area contributed by atoms with Gasteiger partial charge in [-0.05, 0) is 26.7 Å². The molecule has 1 aliphatic heterocycles. The number of rotatable bonds is 3. The fraction of sp³-hybridized carbons (Fsp3) is 0.333. The smallest absolute Gasteiger partial charge is 0.274 e. The van der Waals surface area contributed by atoms with E-state index < -0.39 is 0 Å². The molecule has 0 N–H and O–H groups in total. The van der Waals surface area contributed by atoms with Gasteiger partial charge >= 0.3 is 0 Å². The van der Waals surface area contributed by atoms with Crippen molar-refractivity contribution in [2.24, 2.45) is 0 Å². The van der Waals surface area contributed by atoms with E-state index >= 15 is 0 Å². The number of hydrogen-bond acceptors (Lipinski definition) is 7. The minimum atomic E-state index is -0.134. The molecular formula is C18H18N6O2. The highest BCUT2D eigenvalue weighted by Crippen LogP contribution is 2.33. The van der Waals surface area contributed by atoms with Crippen LogP contribution in [0.5, 0.6) is 0 Å². The quantitative estimate of drug-likeness (QED) is 0.716. The van der Waals surface area contributed by atoms with Crippen LogP contribution in [0, 0.1) is 13.8 Å². The minimum Gasteiger partial charge on any atom is -0.361 e. The van der Waals surface area contributed by atoms with Crippen LogP contribution in [0.4, 0.5) is 0 Å². The zero-order chi connectivity index (χ0) is 18.1. The van der Waals surface area contributed by atoms with Gasteiger partial charge in [-0.1, -0.05) is 5.16 Å². The van der Waals surface area contributed by atoms with Crippen LogP contribution in [0.3, 0.4) is 0 Å². The largest absolute Gasteiger partial charge is 0.361 e. The number of hydrogen-bond donors (Lipinski definition) is 0. The predicted octanol–water partition coefficient (Wildman–Crippen LogP) is 2.52. The van der Waals surface area contributed by atoms with Gasteiger partial charge in [-0.3, -0.25) is 14.8 Å². The number of nitrogens with zero attached hydrogens (tertiary/aromatic N) is 6. The monoisotopic (exact) mass is 350 g/mol. The van der Waals surface area contributed by atoms with Crippen molar-refractivity contribution >= 4 is 5.91 Å². The van der Waals surface area contributed by atoms with Crippen molar-refractivity contribution in [3.63, 3.8) is 0 Å². The summed E-state index contributed by atoms with van der Waals surface area (Å²) in [6, 6.07) is -0.127. The first-order valence-electron chi connectivity index (χ1n) is 8.47. The minimum absolute atomic E-state index is 0.127. The van der Waals surface area contributed by atoms with Crippen molar-refractivity contribution in [2.75, 3.05) is 6.54 Å². The van der Waals surface area contributed by atoms with Crippen molar-refractivity contribution in [1.29, 1.82) is 0 Å². The third-order valence-electron chi connectivity index (χ3n) is 4.58. The lowest BCUT2D eigenvalue weighted by molar-refractivity contribution is 0.0726. The van der Waals surface area contributed by atoms with Gasteiger partial charge < -0.3 is 9.42 Å². The lowest BCUT2D eigenvalue weighted by Gasteiger charge is -2.23. The molecule has 3 aromatic rings. The topological polar surface area (TPSA) is 97.9 Å². The van der Waals surface area contributed by atoms with Gasteiger partial charge in [-0.2, -0.15) is 0 Å². The number of carbonyl (C=O) groups is 1. The molecule has 1 saturated heterocycles. The summed E-state index contributed by atoms with van der Waals surface area (Å²) >= 11 is 0. The highest BCUT2D eigenvalue weighted by molar-refractivity contribution is 5.92. The molecule has 8 heteroatoms.